The molecule has 0 fully saturated rings. The van der Waals surface area contributed by atoms with E-state index in [2.05, 4.69) is 15.6 Å². The van der Waals surface area contributed by atoms with E-state index in [-0.39, 0.29) is 35.8 Å². The van der Waals surface area contributed by atoms with Crippen LogP contribution < -0.4 is 16.4 Å². The number of rotatable bonds is 15. The van der Waals surface area contributed by atoms with E-state index in [9.17, 15) is 23.1 Å². The summed E-state index contributed by atoms with van der Waals surface area (Å²) in [5, 5.41) is 17.1. The van der Waals surface area contributed by atoms with Gasteiger partial charge in [0, 0.05) is 53.8 Å². The number of nitrogens with two attached hydrogens (primary N) is 1. The summed E-state index contributed by atoms with van der Waals surface area (Å²) in [4.78, 5) is 29.5. The molecule has 0 unspecified atom stereocenters. The first kappa shape index (κ1) is 34.1. The lowest BCUT2D eigenvalue weighted by Crippen LogP contribution is -2.51. The number of carbonyl (C=O) groups is 2. The van der Waals surface area contributed by atoms with Crippen LogP contribution in [0.15, 0.2) is 59.6 Å². The number of aliphatic hydroxyl groups excluding tert-OH is 1. The zero-order valence-electron chi connectivity index (χ0n) is 25.9. The van der Waals surface area contributed by atoms with Gasteiger partial charge in [-0.05, 0) is 54.7 Å². The molecule has 3 rings (SSSR count). The highest BCUT2D eigenvalue weighted by molar-refractivity contribution is 7.89. The van der Waals surface area contributed by atoms with Crippen LogP contribution in [-0.2, 0) is 26.0 Å². The number of hydrogen-bond donors (Lipinski definition) is 5. The summed E-state index contributed by atoms with van der Waals surface area (Å²) in [6, 6.07) is 12.5. The summed E-state index contributed by atoms with van der Waals surface area (Å²) < 4.78 is 28.3. The minimum atomic E-state index is -3.85. The van der Waals surface area contributed by atoms with Gasteiger partial charge < -0.3 is 26.5 Å². The third-order valence-electron chi connectivity index (χ3n) is 7.32. The molecule has 1 heterocycles. The normalized spacial score (nSPS) is 13.8. The zero-order chi connectivity index (χ0) is 31.8. The maximum Gasteiger partial charge on any atom is 0.243 e. The molecular formula is C32H47N5O5S. The molecule has 0 aliphatic carbocycles. The summed E-state index contributed by atoms with van der Waals surface area (Å²) in [7, 11) is -3.85. The van der Waals surface area contributed by atoms with Crippen molar-refractivity contribution in [1.82, 2.24) is 19.9 Å². The molecule has 2 amide bonds. The predicted octanol–water partition coefficient (Wildman–Crippen LogP) is 3.82. The monoisotopic (exact) mass is 613 g/mol. The lowest BCUT2D eigenvalue weighted by atomic mass is 9.94. The fourth-order valence-corrected chi connectivity index (χ4v) is 6.66. The van der Waals surface area contributed by atoms with Gasteiger partial charge in [-0.1, -0.05) is 59.2 Å². The first-order valence-corrected chi connectivity index (χ1v) is 16.3. The standard InChI is InChI=1S/C32H47N5O5S/c1-22(2)20-37(43(41,42)26-15-13-24(33)14-16-26)25(21-38)10-8-9-17-34-30(39)29(36-31(40)32(3,4)5)18-23-19-35-28-12-7-6-11-27(23)28/h6-7,11-16,19,22,25,29,35,38H,8-10,17-18,20-21,33H2,1-5H3,(H,34,39)(H,36,40)/t25-,29-/m0/s1. The van der Waals surface area contributed by atoms with Crippen LogP contribution in [0, 0.1) is 11.3 Å². The summed E-state index contributed by atoms with van der Waals surface area (Å²) in [5.74, 6) is -0.450. The second kappa shape index (κ2) is 14.9. The molecule has 10 nitrogen and oxygen atoms in total. The van der Waals surface area contributed by atoms with Gasteiger partial charge in [0.05, 0.1) is 11.5 Å². The van der Waals surface area contributed by atoms with Crippen molar-refractivity contribution in [1.29, 1.82) is 0 Å². The van der Waals surface area contributed by atoms with Gasteiger partial charge in [0.25, 0.3) is 0 Å². The van der Waals surface area contributed by atoms with Crippen LogP contribution in [0.4, 0.5) is 5.69 Å². The predicted molar refractivity (Wildman–Crippen MR) is 171 cm³/mol. The number of aromatic amines is 1. The number of aromatic nitrogens is 1. The maximum atomic E-state index is 13.5. The summed E-state index contributed by atoms with van der Waals surface area (Å²) in [5.41, 5.74) is 7.45. The molecule has 6 N–H and O–H groups in total. The van der Waals surface area contributed by atoms with E-state index in [0.29, 0.717) is 37.9 Å². The van der Waals surface area contributed by atoms with Crippen molar-refractivity contribution in [2.45, 2.75) is 77.3 Å². The summed E-state index contributed by atoms with van der Waals surface area (Å²) in [6.45, 7) is 9.56. The number of aliphatic hydroxyl groups is 1. The van der Waals surface area contributed by atoms with Gasteiger partial charge >= 0.3 is 0 Å². The largest absolute Gasteiger partial charge is 0.399 e. The van der Waals surface area contributed by atoms with E-state index >= 15 is 0 Å². The Morgan fingerprint density at radius 1 is 1.05 bits per heavy atom. The molecule has 3 aromatic rings. The van der Waals surface area contributed by atoms with Crippen LogP contribution in [0.5, 0.6) is 0 Å². The molecule has 2 atom stereocenters. The van der Waals surface area contributed by atoms with Crippen molar-refractivity contribution in [3.63, 3.8) is 0 Å². The number of unbranched alkanes of at least 4 members (excludes halogenated alkanes) is 1. The van der Waals surface area contributed by atoms with Crippen molar-refractivity contribution < 1.29 is 23.1 Å². The summed E-state index contributed by atoms with van der Waals surface area (Å²) >= 11 is 0. The number of nitrogen functional groups attached to an aromatic ring is 1. The Balaban J connectivity index is 1.63. The van der Waals surface area contributed by atoms with E-state index in [1.54, 1.807) is 32.9 Å². The fraction of sp³-hybridized carbons (Fsp3) is 0.500. The van der Waals surface area contributed by atoms with Gasteiger partial charge in [-0.2, -0.15) is 4.31 Å². The van der Waals surface area contributed by atoms with Crippen LogP contribution in [0.25, 0.3) is 10.9 Å². The number of carbonyl (C=O) groups excluding carboxylic acids is 2. The number of nitrogens with one attached hydrogen (secondary N) is 3. The highest BCUT2D eigenvalue weighted by Crippen LogP contribution is 2.24. The Bertz CT molecular complexity index is 1460. The molecule has 1 aromatic heterocycles. The van der Waals surface area contributed by atoms with Gasteiger partial charge in [0.2, 0.25) is 21.8 Å². The van der Waals surface area contributed by atoms with E-state index in [1.807, 2.05) is 44.3 Å². The zero-order valence-corrected chi connectivity index (χ0v) is 26.7. The van der Waals surface area contributed by atoms with Crippen LogP contribution in [0.2, 0.25) is 0 Å². The average molecular weight is 614 g/mol. The molecule has 0 saturated carbocycles. The molecular weight excluding hydrogens is 566 g/mol. The van der Waals surface area contributed by atoms with Crippen LogP contribution in [0.1, 0.15) is 59.4 Å². The van der Waals surface area contributed by atoms with Crippen LogP contribution in [-0.4, -0.2) is 66.4 Å². The van der Waals surface area contributed by atoms with Gasteiger partial charge in [0.1, 0.15) is 6.04 Å². The maximum absolute atomic E-state index is 13.5. The van der Waals surface area contributed by atoms with Crippen LogP contribution >= 0.6 is 0 Å². The third-order valence-corrected chi connectivity index (χ3v) is 9.25. The molecule has 0 bridgehead atoms. The van der Waals surface area contributed by atoms with E-state index in [4.69, 9.17) is 5.73 Å². The molecule has 43 heavy (non-hydrogen) atoms. The highest BCUT2D eigenvalue weighted by atomic mass is 32.2. The number of benzene rings is 2. The summed E-state index contributed by atoms with van der Waals surface area (Å²) in [6.07, 6.45) is 3.78. The molecule has 2 aromatic carbocycles. The lowest BCUT2D eigenvalue weighted by Gasteiger charge is -2.31. The Morgan fingerprint density at radius 2 is 1.72 bits per heavy atom. The molecule has 0 spiro atoms. The van der Waals surface area contributed by atoms with Gasteiger partial charge in [0.15, 0.2) is 0 Å². The second-order valence-corrected chi connectivity index (χ2v) is 14.4. The topological polar surface area (TPSA) is 158 Å². The second-order valence-electron chi connectivity index (χ2n) is 12.5. The van der Waals surface area contributed by atoms with Crippen molar-refractivity contribution in [2.75, 3.05) is 25.4 Å². The number of sulfonamides is 1. The number of nitrogens with zero attached hydrogens (tertiary/aromatic N) is 1. The molecule has 0 radical (unpaired) electrons. The van der Waals surface area contributed by atoms with E-state index < -0.39 is 27.5 Å². The van der Waals surface area contributed by atoms with Gasteiger partial charge in [-0.15, -0.1) is 0 Å². The van der Waals surface area contributed by atoms with Crippen LogP contribution in [0.3, 0.4) is 0 Å². The molecule has 0 aliphatic rings. The molecule has 236 valence electrons. The number of fused-ring (bicyclic) bond motifs is 1. The smallest absolute Gasteiger partial charge is 0.243 e. The van der Waals surface area contributed by atoms with Crippen molar-refractivity contribution in [2.24, 2.45) is 11.3 Å². The minimum Gasteiger partial charge on any atom is -0.399 e. The lowest BCUT2D eigenvalue weighted by molar-refractivity contribution is -0.133. The van der Waals surface area contributed by atoms with Gasteiger partial charge in [-0.3, -0.25) is 9.59 Å². The first-order chi connectivity index (χ1) is 20.2. The number of anilines is 1. The average Bonchev–Trinajstić information content (AvgIpc) is 3.35. The third kappa shape index (κ3) is 9.29. The van der Waals surface area contributed by atoms with Gasteiger partial charge in [-0.25, -0.2) is 8.42 Å². The quantitative estimate of drug-likeness (QED) is 0.130. The number of H-pyrrole nitrogens is 1. The Morgan fingerprint density at radius 3 is 2.35 bits per heavy atom. The molecule has 0 aliphatic heterocycles. The first-order valence-electron chi connectivity index (χ1n) is 14.9. The Labute approximate surface area is 255 Å². The molecule has 0 saturated heterocycles. The van der Waals surface area contributed by atoms with E-state index in [1.165, 1.54) is 16.4 Å². The molecule has 11 heteroatoms. The number of para-hydroxylation sites is 1. The Kier molecular flexibility index (Phi) is 11.8. The number of hydrogen-bond acceptors (Lipinski definition) is 6. The Hall–Kier alpha value is -3.41. The fourth-order valence-electron chi connectivity index (χ4n) is 4.85. The van der Waals surface area contributed by atoms with E-state index in [0.717, 1.165) is 16.5 Å². The van der Waals surface area contributed by atoms with Crippen molar-refractivity contribution in [3.8, 4) is 0 Å². The highest BCUT2D eigenvalue weighted by Gasteiger charge is 2.32. The van der Waals surface area contributed by atoms with Crippen molar-refractivity contribution in [3.05, 3.63) is 60.3 Å². The number of amides is 2. The SMILES string of the molecule is CC(C)CN([C@H](CO)CCCCNC(=O)[C@H](Cc1c[nH]c2ccccc12)NC(=O)C(C)(C)C)S(=O)(=O)c1ccc(N)cc1. The minimum absolute atomic E-state index is 0.0503. The van der Waals surface area contributed by atoms with Crippen molar-refractivity contribution >= 4 is 38.4 Å².